The van der Waals surface area contributed by atoms with Crippen LogP contribution < -0.4 is 5.73 Å². The lowest BCUT2D eigenvalue weighted by Crippen LogP contribution is -2.48. The number of rotatable bonds is 3. The molecule has 1 aliphatic carbocycles. The Morgan fingerprint density at radius 1 is 1.31 bits per heavy atom. The Labute approximate surface area is 102 Å². The van der Waals surface area contributed by atoms with Crippen LogP contribution in [0.5, 0.6) is 0 Å². The minimum absolute atomic E-state index is 0. The lowest BCUT2D eigenvalue weighted by atomic mass is 9.86. The first kappa shape index (κ1) is 13.4. The van der Waals surface area contributed by atoms with Gasteiger partial charge in [0.1, 0.15) is 5.82 Å². The predicted octanol–water partition coefficient (Wildman–Crippen LogP) is 2.17. The van der Waals surface area contributed by atoms with E-state index in [-0.39, 0.29) is 18.2 Å². The molecule has 0 bridgehead atoms. The molecular formula is C12H18ClFN2. The van der Waals surface area contributed by atoms with Crippen LogP contribution in [0.4, 0.5) is 4.39 Å². The first-order chi connectivity index (χ1) is 7.15. The van der Waals surface area contributed by atoms with Gasteiger partial charge in [0.25, 0.3) is 0 Å². The smallest absolute Gasteiger partial charge is 0.123 e. The number of nitrogens with zero attached hydrogens (tertiary/aromatic N) is 1. The molecule has 2 nitrogen and oxygen atoms in total. The van der Waals surface area contributed by atoms with Crippen LogP contribution in [0.25, 0.3) is 0 Å². The molecule has 4 heteroatoms. The summed E-state index contributed by atoms with van der Waals surface area (Å²) >= 11 is 0. The molecule has 1 aromatic rings. The van der Waals surface area contributed by atoms with Gasteiger partial charge < -0.3 is 5.73 Å². The van der Waals surface area contributed by atoms with E-state index in [2.05, 4.69) is 11.9 Å². The van der Waals surface area contributed by atoms with Crippen molar-refractivity contribution in [2.24, 2.45) is 5.73 Å². The summed E-state index contributed by atoms with van der Waals surface area (Å²) in [5.41, 5.74) is 6.90. The highest BCUT2D eigenvalue weighted by atomic mass is 35.5. The van der Waals surface area contributed by atoms with E-state index in [9.17, 15) is 4.39 Å². The van der Waals surface area contributed by atoms with Crippen molar-refractivity contribution in [2.45, 2.75) is 31.5 Å². The summed E-state index contributed by atoms with van der Waals surface area (Å²) in [6.07, 6.45) is 2.16. The minimum Gasteiger partial charge on any atom is -0.328 e. The standard InChI is InChI=1S/C12H17FN2.ClH/c1-15(12-6-11(14)7-12)8-9-2-4-10(13)5-3-9;/h2-5,11-12H,6-8,14H2,1H3;1H. The van der Waals surface area contributed by atoms with Crippen LogP contribution in [-0.4, -0.2) is 24.0 Å². The zero-order valence-corrected chi connectivity index (χ0v) is 10.2. The summed E-state index contributed by atoms with van der Waals surface area (Å²) in [5, 5.41) is 0. The normalized spacial score (nSPS) is 23.8. The van der Waals surface area contributed by atoms with E-state index in [1.165, 1.54) is 12.1 Å². The van der Waals surface area contributed by atoms with E-state index < -0.39 is 0 Å². The summed E-state index contributed by atoms with van der Waals surface area (Å²) in [4.78, 5) is 2.29. The molecule has 1 fully saturated rings. The lowest BCUT2D eigenvalue weighted by molar-refractivity contribution is 0.132. The van der Waals surface area contributed by atoms with E-state index in [0.29, 0.717) is 12.1 Å². The molecule has 2 rings (SSSR count). The van der Waals surface area contributed by atoms with Gasteiger partial charge >= 0.3 is 0 Å². The first-order valence-electron chi connectivity index (χ1n) is 5.35. The third kappa shape index (κ3) is 3.17. The molecule has 1 aromatic carbocycles. The summed E-state index contributed by atoms with van der Waals surface area (Å²) < 4.78 is 12.7. The molecule has 0 spiro atoms. The molecule has 2 N–H and O–H groups in total. The molecule has 90 valence electrons. The second-order valence-corrected chi connectivity index (χ2v) is 4.43. The molecule has 0 aliphatic heterocycles. The van der Waals surface area contributed by atoms with Crippen LogP contribution in [0.15, 0.2) is 24.3 Å². The van der Waals surface area contributed by atoms with Crippen molar-refractivity contribution in [1.82, 2.24) is 4.90 Å². The largest absolute Gasteiger partial charge is 0.328 e. The Morgan fingerprint density at radius 2 is 1.88 bits per heavy atom. The second-order valence-electron chi connectivity index (χ2n) is 4.43. The fourth-order valence-electron chi connectivity index (χ4n) is 2.00. The maximum Gasteiger partial charge on any atom is 0.123 e. The number of nitrogens with two attached hydrogens (primary N) is 1. The Morgan fingerprint density at radius 3 is 2.38 bits per heavy atom. The summed E-state index contributed by atoms with van der Waals surface area (Å²) in [7, 11) is 2.10. The molecule has 0 radical (unpaired) electrons. The molecule has 1 aliphatic rings. The quantitative estimate of drug-likeness (QED) is 0.883. The van der Waals surface area contributed by atoms with E-state index in [1.807, 2.05) is 12.1 Å². The van der Waals surface area contributed by atoms with E-state index in [1.54, 1.807) is 0 Å². The van der Waals surface area contributed by atoms with Gasteiger partial charge in [0.15, 0.2) is 0 Å². The Hall–Kier alpha value is -0.640. The molecule has 0 aromatic heterocycles. The fourth-order valence-corrected chi connectivity index (χ4v) is 2.00. The van der Waals surface area contributed by atoms with Crippen LogP contribution in [-0.2, 0) is 6.54 Å². The van der Waals surface area contributed by atoms with Crippen molar-refractivity contribution < 1.29 is 4.39 Å². The molecule has 0 atom stereocenters. The Kier molecular flexibility index (Phi) is 4.71. The Balaban J connectivity index is 0.00000128. The first-order valence-corrected chi connectivity index (χ1v) is 5.35. The van der Waals surface area contributed by atoms with Crippen LogP contribution >= 0.6 is 12.4 Å². The predicted molar refractivity (Wildman–Crippen MR) is 66.1 cm³/mol. The zero-order chi connectivity index (χ0) is 10.8. The summed E-state index contributed by atoms with van der Waals surface area (Å²) in [6.45, 7) is 0.873. The average Bonchev–Trinajstić information content (AvgIpc) is 2.17. The van der Waals surface area contributed by atoms with Crippen LogP contribution in [0.2, 0.25) is 0 Å². The van der Waals surface area contributed by atoms with E-state index >= 15 is 0 Å². The van der Waals surface area contributed by atoms with Crippen molar-refractivity contribution in [2.75, 3.05) is 7.05 Å². The molecule has 0 heterocycles. The number of hydrogen-bond donors (Lipinski definition) is 1. The average molecular weight is 245 g/mol. The van der Waals surface area contributed by atoms with Gasteiger partial charge in [-0.3, -0.25) is 4.90 Å². The van der Waals surface area contributed by atoms with Gasteiger partial charge in [0.2, 0.25) is 0 Å². The van der Waals surface area contributed by atoms with E-state index in [4.69, 9.17) is 5.73 Å². The third-order valence-corrected chi connectivity index (χ3v) is 3.12. The SMILES string of the molecule is CN(Cc1ccc(F)cc1)C1CC(N)C1.Cl. The molecule has 1 saturated carbocycles. The maximum atomic E-state index is 12.7. The molecule has 16 heavy (non-hydrogen) atoms. The van der Waals surface area contributed by atoms with Crippen molar-refractivity contribution >= 4 is 12.4 Å². The van der Waals surface area contributed by atoms with Gasteiger partial charge in [0.05, 0.1) is 0 Å². The fraction of sp³-hybridized carbons (Fsp3) is 0.500. The van der Waals surface area contributed by atoms with Crippen LogP contribution in [0, 0.1) is 5.82 Å². The number of halogens is 2. The van der Waals surface area contributed by atoms with Crippen molar-refractivity contribution in [3.8, 4) is 0 Å². The topological polar surface area (TPSA) is 29.3 Å². The second kappa shape index (κ2) is 5.62. The minimum atomic E-state index is -0.174. The summed E-state index contributed by atoms with van der Waals surface area (Å²) in [6, 6.07) is 7.68. The monoisotopic (exact) mass is 244 g/mol. The Bertz CT molecular complexity index is 322. The van der Waals surface area contributed by atoms with Crippen molar-refractivity contribution in [3.05, 3.63) is 35.6 Å². The van der Waals surface area contributed by atoms with Crippen molar-refractivity contribution in [3.63, 3.8) is 0 Å². The van der Waals surface area contributed by atoms with Gasteiger partial charge in [0, 0.05) is 18.6 Å². The number of hydrogen-bond acceptors (Lipinski definition) is 2. The van der Waals surface area contributed by atoms with Crippen LogP contribution in [0.3, 0.4) is 0 Å². The highest BCUT2D eigenvalue weighted by molar-refractivity contribution is 5.85. The highest BCUT2D eigenvalue weighted by Gasteiger charge is 2.28. The highest BCUT2D eigenvalue weighted by Crippen LogP contribution is 2.24. The maximum absolute atomic E-state index is 12.7. The van der Waals surface area contributed by atoms with Gasteiger partial charge in [-0.05, 0) is 37.6 Å². The van der Waals surface area contributed by atoms with Gasteiger partial charge in [-0.1, -0.05) is 12.1 Å². The third-order valence-electron chi connectivity index (χ3n) is 3.12. The number of benzene rings is 1. The van der Waals surface area contributed by atoms with Crippen molar-refractivity contribution in [1.29, 1.82) is 0 Å². The summed E-state index contributed by atoms with van der Waals surface area (Å²) in [5.74, 6) is -0.174. The molecule has 0 unspecified atom stereocenters. The van der Waals surface area contributed by atoms with Crippen LogP contribution in [0.1, 0.15) is 18.4 Å². The zero-order valence-electron chi connectivity index (χ0n) is 9.40. The molecular weight excluding hydrogens is 227 g/mol. The molecule has 0 saturated heterocycles. The van der Waals surface area contributed by atoms with Gasteiger partial charge in [-0.2, -0.15) is 0 Å². The lowest BCUT2D eigenvalue weighted by Gasteiger charge is -2.39. The van der Waals surface area contributed by atoms with E-state index in [0.717, 1.165) is 24.9 Å². The van der Waals surface area contributed by atoms with Gasteiger partial charge in [-0.15, -0.1) is 12.4 Å². The molecule has 0 amide bonds. The van der Waals surface area contributed by atoms with Gasteiger partial charge in [-0.25, -0.2) is 4.39 Å².